The second-order valence-corrected chi connectivity index (χ2v) is 4.09. The van der Waals surface area contributed by atoms with Crippen LogP contribution in [0, 0.1) is 0 Å². The fourth-order valence-electron chi connectivity index (χ4n) is 1.68. The van der Waals surface area contributed by atoms with Gasteiger partial charge in [0.15, 0.2) is 0 Å². The molecule has 0 radical (unpaired) electrons. The predicted molar refractivity (Wildman–Crippen MR) is 61.6 cm³/mol. The number of carbonyl (C=O) groups excluding carboxylic acids is 1. The molecule has 17 heavy (non-hydrogen) atoms. The normalized spacial score (nSPS) is 22.4. The Hall–Kier alpha value is -1.63. The number of nitrogens with zero attached hydrogens (tertiary/aromatic N) is 3. The minimum atomic E-state index is -0.276. The molecule has 2 atom stereocenters. The van der Waals surface area contributed by atoms with Gasteiger partial charge in [-0.2, -0.15) is 0 Å². The van der Waals surface area contributed by atoms with E-state index in [9.17, 15) is 4.79 Å². The maximum absolute atomic E-state index is 11.5. The zero-order valence-corrected chi connectivity index (χ0v) is 10.2. The smallest absolute Gasteiger partial charge is 0.318 e. The summed E-state index contributed by atoms with van der Waals surface area (Å²) in [5.74, 6) is 0.512. The summed E-state index contributed by atoms with van der Waals surface area (Å²) < 4.78 is 5.56. The van der Waals surface area contributed by atoms with E-state index in [-0.39, 0.29) is 18.0 Å². The molecule has 0 aliphatic carbocycles. The van der Waals surface area contributed by atoms with Crippen LogP contribution in [0.1, 0.15) is 25.8 Å². The summed E-state index contributed by atoms with van der Waals surface area (Å²) in [6.07, 6.45) is 0. The summed E-state index contributed by atoms with van der Waals surface area (Å²) in [7, 11) is 1.82. The molecular formula is C10H17N5O2. The third-order valence-corrected chi connectivity index (χ3v) is 2.98. The largest absolute Gasteiger partial charge is 0.406 e. The molecule has 1 aromatic rings. The first kappa shape index (κ1) is 11.8. The van der Waals surface area contributed by atoms with Gasteiger partial charge < -0.3 is 20.0 Å². The maximum atomic E-state index is 11.5. The molecule has 2 N–H and O–H groups in total. The Balaban J connectivity index is 2.16. The number of nitrogens with one attached hydrogen (secondary N) is 2. The van der Waals surface area contributed by atoms with E-state index in [1.807, 2.05) is 25.8 Å². The zero-order valence-electron chi connectivity index (χ0n) is 10.2. The van der Waals surface area contributed by atoms with Gasteiger partial charge in [-0.1, -0.05) is 5.10 Å². The Bertz CT molecular complexity index is 405. The van der Waals surface area contributed by atoms with E-state index in [1.165, 1.54) is 0 Å². The van der Waals surface area contributed by atoms with Crippen molar-refractivity contribution in [2.75, 3.05) is 25.0 Å². The summed E-state index contributed by atoms with van der Waals surface area (Å²) in [5, 5.41) is 13.8. The Morgan fingerprint density at radius 2 is 2.35 bits per heavy atom. The van der Waals surface area contributed by atoms with Crippen molar-refractivity contribution < 1.29 is 9.21 Å². The monoisotopic (exact) mass is 239 g/mol. The average molecular weight is 239 g/mol. The number of aromatic nitrogens is 2. The first-order chi connectivity index (χ1) is 8.13. The first-order valence-electron chi connectivity index (χ1n) is 5.68. The van der Waals surface area contributed by atoms with Gasteiger partial charge in [-0.25, -0.2) is 0 Å². The van der Waals surface area contributed by atoms with Crippen molar-refractivity contribution in [3.05, 3.63) is 5.89 Å². The maximum Gasteiger partial charge on any atom is 0.318 e. The lowest BCUT2D eigenvalue weighted by Gasteiger charge is -2.30. The van der Waals surface area contributed by atoms with E-state index in [4.69, 9.17) is 4.42 Å². The van der Waals surface area contributed by atoms with Crippen molar-refractivity contribution >= 4 is 11.9 Å². The molecule has 1 saturated heterocycles. The molecule has 2 heterocycles. The van der Waals surface area contributed by atoms with E-state index >= 15 is 0 Å². The molecule has 94 valence electrons. The summed E-state index contributed by atoms with van der Waals surface area (Å²) in [4.78, 5) is 13.3. The molecule has 0 spiro atoms. The summed E-state index contributed by atoms with van der Waals surface area (Å²) >= 11 is 0. The topological polar surface area (TPSA) is 83.3 Å². The molecule has 2 unspecified atom stereocenters. The summed E-state index contributed by atoms with van der Waals surface area (Å²) in [6.45, 7) is 5.04. The van der Waals surface area contributed by atoms with Crippen molar-refractivity contribution in [3.63, 3.8) is 0 Å². The van der Waals surface area contributed by atoms with Crippen LogP contribution in [0.4, 0.5) is 6.01 Å². The standard InChI is InChI=1S/C10H17N5O2/c1-6(11-3)9-13-14-10(17-9)15-5-4-12-8(16)7(15)2/h6-7,11H,4-5H2,1-3H3,(H,12,16). The number of amides is 1. The Kier molecular flexibility index (Phi) is 3.28. The van der Waals surface area contributed by atoms with Gasteiger partial charge in [0.1, 0.15) is 6.04 Å². The van der Waals surface area contributed by atoms with Gasteiger partial charge in [0.2, 0.25) is 11.8 Å². The van der Waals surface area contributed by atoms with E-state index in [0.717, 1.165) is 0 Å². The fraction of sp³-hybridized carbons (Fsp3) is 0.700. The molecule has 1 fully saturated rings. The number of hydrogen-bond acceptors (Lipinski definition) is 6. The minimum absolute atomic E-state index is 0.00479. The second kappa shape index (κ2) is 4.70. The van der Waals surface area contributed by atoms with Crippen molar-refractivity contribution in [2.24, 2.45) is 0 Å². The highest BCUT2D eigenvalue weighted by Gasteiger charge is 2.29. The van der Waals surface area contributed by atoms with Crippen LogP contribution in [0.15, 0.2) is 4.42 Å². The second-order valence-electron chi connectivity index (χ2n) is 4.09. The number of piperazine rings is 1. The zero-order chi connectivity index (χ0) is 12.4. The molecule has 0 saturated carbocycles. The van der Waals surface area contributed by atoms with E-state index in [0.29, 0.717) is 25.0 Å². The Morgan fingerprint density at radius 3 is 3.06 bits per heavy atom. The van der Waals surface area contributed by atoms with Gasteiger partial charge in [-0.15, -0.1) is 5.10 Å². The van der Waals surface area contributed by atoms with Gasteiger partial charge in [-0.3, -0.25) is 4.79 Å². The number of carbonyl (C=O) groups is 1. The minimum Gasteiger partial charge on any atom is -0.406 e. The lowest BCUT2D eigenvalue weighted by Crippen LogP contribution is -2.54. The molecule has 1 aliphatic rings. The van der Waals surface area contributed by atoms with Gasteiger partial charge in [0.25, 0.3) is 0 Å². The van der Waals surface area contributed by atoms with Gasteiger partial charge in [-0.05, 0) is 20.9 Å². The molecule has 1 aromatic heterocycles. The molecular weight excluding hydrogens is 222 g/mol. The van der Waals surface area contributed by atoms with Gasteiger partial charge >= 0.3 is 6.01 Å². The molecule has 1 aliphatic heterocycles. The number of rotatable bonds is 3. The van der Waals surface area contributed by atoms with Crippen molar-refractivity contribution in [2.45, 2.75) is 25.9 Å². The van der Waals surface area contributed by atoms with Crippen molar-refractivity contribution in [1.29, 1.82) is 0 Å². The van der Waals surface area contributed by atoms with E-state index < -0.39 is 0 Å². The summed E-state index contributed by atoms with van der Waals surface area (Å²) in [5.41, 5.74) is 0. The van der Waals surface area contributed by atoms with Crippen LogP contribution in [0.3, 0.4) is 0 Å². The third kappa shape index (κ3) is 2.23. The van der Waals surface area contributed by atoms with Crippen LogP contribution in [-0.4, -0.2) is 42.3 Å². The van der Waals surface area contributed by atoms with Crippen LogP contribution >= 0.6 is 0 Å². The van der Waals surface area contributed by atoms with Crippen LogP contribution in [0.25, 0.3) is 0 Å². The Morgan fingerprint density at radius 1 is 1.59 bits per heavy atom. The van der Waals surface area contributed by atoms with E-state index in [2.05, 4.69) is 20.8 Å². The fourth-order valence-corrected chi connectivity index (χ4v) is 1.68. The van der Waals surface area contributed by atoms with E-state index in [1.54, 1.807) is 0 Å². The lowest BCUT2D eigenvalue weighted by atomic mass is 10.2. The van der Waals surface area contributed by atoms with Crippen LogP contribution in [-0.2, 0) is 4.79 Å². The number of anilines is 1. The SMILES string of the molecule is CNC(C)c1nnc(N2CCNC(=O)C2C)o1. The van der Waals surface area contributed by atoms with Crippen LogP contribution < -0.4 is 15.5 Å². The predicted octanol–water partition coefficient (Wildman–Crippen LogP) is -0.325. The molecule has 2 rings (SSSR count). The highest BCUT2D eigenvalue weighted by atomic mass is 16.4. The van der Waals surface area contributed by atoms with Gasteiger partial charge in [0.05, 0.1) is 6.04 Å². The molecule has 0 bridgehead atoms. The molecule has 7 heteroatoms. The molecule has 1 amide bonds. The van der Waals surface area contributed by atoms with Crippen molar-refractivity contribution in [1.82, 2.24) is 20.8 Å². The molecule has 0 aromatic carbocycles. The summed E-state index contributed by atoms with van der Waals surface area (Å²) in [6, 6.07) is 0.136. The quantitative estimate of drug-likeness (QED) is 0.752. The van der Waals surface area contributed by atoms with Gasteiger partial charge in [0, 0.05) is 13.1 Å². The Labute approximate surface area is 99.6 Å². The lowest BCUT2D eigenvalue weighted by molar-refractivity contribution is -0.123. The van der Waals surface area contributed by atoms with Crippen molar-refractivity contribution in [3.8, 4) is 0 Å². The first-order valence-corrected chi connectivity index (χ1v) is 5.68. The molecule has 7 nitrogen and oxygen atoms in total. The number of hydrogen-bond donors (Lipinski definition) is 2. The highest BCUT2D eigenvalue weighted by molar-refractivity contribution is 5.85. The van der Waals surface area contributed by atoms with Crippen LogP contribution in [0.2, 0.25) is 0 Å². The third-order valence-electron chi connectivity index (χ3n) is 2.98. The average Bonchev–Trinajstić information content (AvgIpc) is 2.81. The highest BCUT2D eigenvalue weighted by Crippen LogP contribution is 2.19. The van der Waals surface area contributed by atoms with Crippen LogP contribution in [0.5, 0.6) is 0 Å².